The fourth-order valence-corrected chi connectivity index (χ4v) is 1.33. The summed E-state index contributed by atoms with van der Waals surface area (Å²) in [5.74, 6) is 0. The van der Waals surface area contributed by atoms with Crippen molar-refractivity contribution in [3.05, 3.63) is 0 Å². The Labute approximate surface area is 75.9 Å². The average Bonchev–Trinajstić information content (AvgIpc) is 2.10. The Morgan fingerprint density at radius 3 is 2.58 bits per heavy atom. The summed E-state index contributed by atoms with van der Waals surface area (Å²) in [4.78, 5) is 2.37. The molecular weight excluding hydrogens is 152 g/mol. The monoisotopic (exact) mass is 174 g/mol. The summed E-state index contributed by atoms with van der Waals surface area (Å²) < 4.78 is 5.03. The van der Waals surface area contributed by atoms with E-state index in [1.54, 1.807) is 7.11 Å². The zero-order valence-corrected chi connectivity index (χ0v) is 8.55. The van der Waals surface area contributed by atoms with Gasteiger partial charge in [0, 0.05) is 32.8 Å². The second-order valence-electron chi connectivity index (χ2n) is 3.05. The van der Waals surface area contributed by atoms with E-state index >= 15 is 0 Å². The SMILES string of the molecule is CCN(CCN)C(C)CCOC. The van der Waals surface area contributed by atoms with Crippen molar-refractivity contribution < 1.29 is 4.74 Å². The molecule has 0 saturated heterocycles. The van der Waals surface area contributed by atoms with Crippen LogP contribution in [0.1, 0.15) is 20.3 Å². The summed E-state index contributed by atoms with van der Waals surface area (Å²) in [7, 11) is 1.74. The van der Waals surface area contributed by atoms with Crippen LogP contribution < -0.4 is 5.73 Å². The van der Waals surface area contributed by atoms with Crippen molar-refractivity contribution in [2.45, 2.75) is 26.3 Å². The lowest BCUT2D eigenvalue weighted by atomic mass is 10.2. The molecule has 0 saturated carbocycles. The standard InChI is InChI=1S/C9H22N2O/c1-4-11(7-6-10)9(2)5-8-12-3/h9H,4-8,10H2,1-3H3. The highest BCUT2D eigenvalue weighted by Gasteiger charge is 2.09. The lowest BCUT2D eigenvalue weighted by Crippen LogP contribution is -2.37. The van der Waals surface area contributed by atoms with Gasteiger partial charge in [-0.15, -0.1) is 0 Å². The molecule has 1 unspecified atom stereocenters. The van der Waals surface area contributed by atoms with Gasteiger partial charge in [-0.3, -0.25) is 4.90 Å². The molecule has 0 aromatic heterocycles. The fourth-order valence-electron chi connectivity index (χ4n) is 1.33. The van der Waals surface area contributed by atoms with Crippen LogP contribution in [0.2, 0.25) is 0 Å². The lowest BCUT2D eigenvalue weighted by molar-refractivity contribution is 0.143. The molecule has 0 aromatic rings. The van der Waals surface area contributed by atoms with Gasteiger partial charge < -0.3 is 10.5 Å². The summed E-state index contributed by atoms with van der Waals surface area (Å²) in [5, 5.41) is 0. The van der Waals surface area contributed by atoms with Gasteiger partial charge in [-0.2, -0.15) is 0 Å². The van der Waals surface area contributed by atoms with E-state index < -0.39 is 0 Å². The molecule has 0 heterocycles. The Morgan fingerprint density at radius 1 is 1.50 bits per heavy atom. The van der Waals surface area contributed by atoms with E-state index in [4.69, 9.17) is 10.5 Å². The van der Waals surface area contributed by atoms with Crippen molar-refractivity contribution >= 4 is 0 Å². The molecule has 0 aliphatic carbocycles. The number of hydrogen-bond acceptors (Lipinski definition) is 3. The Bertz CT molecular complexity index is 98.5. The first-order valence-corrected chi connectivity index (χ1v) is 4.69. The Balaban J connectivity index is 3.60. The minimum absolute atomic E-state index is 0.582. The lowest BCUT2D eigenvalue weighted by Gasteiger charge is -2.26. The number of rotatable bonds is 7. The normalized spacial score (nSPS) is 13.8. The zero-order chi connectivity index (χ0) is 9.40. The van der Waals surface area contributed by atoms with Crippen LogP contribution in [-0.2, 0) is 4.74 Å². The quantitative estimate of drug-likeness (QED) is 0.617. The average molecular weight is 174 g/mol. The third kappa shape index (κ3) is 4.70. The third-order valence-electron chi connectivity index (χ3n) is 2.19. The van der Waals surface area contributed by atoms with Crippen LogP contribution in [-0.4, -0.2) is 44.3 Å². The summed E-state index contributed by atoms with van der Waals surface area (Å²) in [6.07, 6.45) is 1.09. The number of likely N-dealkylation sites (N-methyl/N-ethyl adjacent to an activating group) is 1. The molecule has 0 fully saturated rings. The molecule has 0 spiro atoms. The van der Waals surface area contributed by atoms with Gasteiger partial charge in [0.1, 0.15) is 0 Å². The van der Waals surface area contributed by atoms with E-state index in [-0.39, 0.29) is 0 Å². The summed E-state index contributed by atoms with van der Waals surface area (Å²) >= 11 is 0. The van der Waals surface area contributed by atoms with Gasteiger partial charge in [0.2, 0.25) is 0 Å². The van der Waals surface area contributed by atoms with Crippen LogP contribution in [0.4, 0.5) is 0 Å². The molecule has 0 bridgehead atoms. The van der Waals surface area contributed by atoms with E-state index in [9.17, 15) is 0 Å². The molecule has 0 aliphatic rings. The van der Waals surface area contributed by atoms with Crippen LogP contribution in [0, 0.1) is 0 Å². The maximum Gasteiger partial charge on any atom is 0.0477 e. The van der Waals surface area contributed by atoms with Crippen LogP contribution >= 0.6 is 0 Å². The van der Waals surface area contributed by atoms with Crippen molar-refractivity contribution in [3.63, 3.8) is 0 Å². The van der Waals surface area contributed by atoms with E-state index in [1.165, 1.54) is 0 Å². The van der Waals surface area contributed by atoms with Gasteiger partial charge in [0.05, 0.1) is 0 Å². The molecule has 0 radical (unpaired) electrons. The molecule has 12 heavy (non-hydrogen) atoms. The second-order valence-corrected chi connectivity index (χ2v) is 3.05. The van der Waals surface area contributed by atoms with Gasteiger partial charge in [-0.1, -0.05) is 6.92 Å². The molecule has 1 atom stereocenters. The molecule has 0 aromatic carbocycles. The second kappa shape index (κ2) is 7.53. The fraction of sp³-hybridized carbons (Fsp3) is 1.00. The highest BCUT2D eigenvalue weighted by molar-refractivity contribution is 4.65. The van der Waals surface area contributed by atoms with Crippen molar-refractivity contribution in [3.8, 4) is 0 Å². The summed E-state index contributed by atoms with van der Waals surface area (Å²) in [5.41, 5.74) is 5.50. The summed E-state index contributed by atoms with van der Waals surface area (Å²) in [6.45, 7) is 8.02. The number of nitrogens with two attached hydrogens (primary N) is 1. The maximum atomic E-state index is 5.50. The number of nitrogens with zero attached hydrogens (tertiary/aromatic N) is 1. The maximum absolute atomic E-state index is 5.50. The first-order valence-electron chi connectivity index (χ1n) is 4.69. The number of ether oxygens (including phenoxy) is 1. The minimum atomic E-state index is 0.582. The predicted molar refractivity (Wildman–Crippen MR) is 52.3 cm³/mol. The Kier molecular flexibility index (Phi) is 7.45. The van der Waals surface area contributed by atoms with E-state index in [0.717, 1.165) is 32.7 Å². The van der Waals surface area contributed by atoms with Gasteiger partial charge in [0.15, 0.2) is 0 Å². The predicted octanol–water partition coefficient (Wildman–Crippen LogP) is 0.692. The van der Waals surface area contributed by atoms with E-state index in [2.05, 4.69) is 18.7 Å². The number of hydrogen-bond donors (Lipinski definition) is 1. The van der Waals surface area contributed by atoms with Crippen molar-refractivity contribution in [2.24, 2.45) is 5.73 Å². The zero-order valence-electron chi connectivity index (χ0n) is 8.55. The van der Waals surface area contributed by atoms with Gasteiger partial charge in [-0.25, -0.2) is 0 Å². The number of methoxy groups -OCH3 is 1. The molecule has 2 N–H and O–H groups in total. The first kappa shape index (κ1) is 11.9. The Hall–Kier alpha value is -0.120. The largest absolute Gasteiger partial charge is 0.385 e. The van der Waals surface area contributed by atoms with Crippen LogP contribution in [0.3, 0.4) is 0 Å². The molecule has 0 aliphatic heterocycles. The highest BCUT2D eigenvalue weighted by Crippen LogP contribution is 2.02. The smallest absolute Gasteiger partial charge is 0.0477 e. The van der Waals surface area contributed by atoms with Crippen LogP contribution in [0.15, 0.2) is 0 Å². The Morgan fingerprint density at radius 2 is 2.17 bits per heavy atom. The van der Waals surface area contributed by atoms with Gasteiger partial charge in [0.25, 0.3) is 0 Å². The molecule has 0 amide bonds. The van der Waals surface area contributed by atoms with Crippen molar-refractivity contribution in [2.75, 3.05) is 33.4 Å². The molecule has 3 heteroatoms. The van der Waals surface area contributed by atoms with Crippen molar-refractivity contribution in [1.29, 1.82) is 0 Å². The van der Waals surface area contributed by atoms with Gasteiger partial charge >= 0.3 is 0 Å². The first-order chi connectivity index (χ1) is 5.76. The third-order valence-corrected chi connectivity index (χ3v) is 2.19. The van der Waals surface area contributed by atoms with E-state index in [1.807, 2.05) is 0 Å². The van der Waals surface area contributed by atoms with Gasteiger partial charge in [-0.05, 0) is 19.9 Å². The molecule has 0 rings (SSSR count). The summed E-state index contributed by atoms with van der Waals surface area (Å²) in [6, 6.07) is 0.582. The topological polar surface area (TPSA) is 38.5 Å². The van der Waals surface area contributed by atoms with E-state index in [0.29, 0.717) is 6.04 Å². The minimum Gasteiger partial charge on any atom is -0.385 e. The van der Waals surface area contributed by atoms with Crippen LogP contribution in [0.25, 0.3) is 0 Å². The molecular formula is C9H22N2O. The van der Waals surface area contributed by atoms with Crippen molar-refractivity contribution in [1.82, 2.24) is 4.90 Å². The molecule has 74 valence electrons. The van der Waals surface area contributed by atoms with Crippen LogP contribution in [0.5, 0.6) is 0 Å². The molecule has 3 nitrogen and oxygen atoms in total. The highest BCUT2D eigenvalue weighted by atomic mass is 16.5.